The number of nitrogens with two attached hydrogens (primary N) is 1. The Morgan fingerprint density at radius 2 is 2.21 bits per heavy atom. The second kappa shape index (κ2) is 6.35. The molecular weight excluding hydrogens is 272 g/mol. The summed E-state index contributed by atoms with van der Waals surface area (Å²) in [5, 5.41) is 11.0. The number of anilines is 1. The largest absolute Gasteiger partial charge is 0.342 e. The Balaban J connectivity index is 3.24. The number of nitro benzene ring substituents is 1. The van der Waals surface area contributed by atoms with E-state index < -0.39 is 4.92 Å². The van der Waals surface area contributed by atoms with Crippen molar-refractivity contribution >= 4 is 28.9 Å². The Bertz CT molecular complexity index is 507. The van der Waals surface area contributed by atoms with Gasteiger partial charge in [-0.15, -0.1) is 0 Å². The molecule has 1 aromatic carbocycles. The molecule has 1 amide bonds. The number of nitro groups is 1. The van der Waals surface area contributed by atoms with Crippen LogP contribution in [0.2, 0.25) is 5.02 Å². The molecule has 0 aliphatic carbocycles. The first-order valence-electron chi connectivity index (χ1n) is 5.62. The smallest absolute Gasteiger partial charge is 0.295 e. The van der Waals surface area contributed by atoms with E-state index >= 15 is 0 Å². The van der Waals surface area contributed by atoms with E-state index in [9.17, 15) is 14.9 Å². The molecule has 0 saturated heterocycles. The molecule has 0 aromatic heterocycles. The maximum Gasteiger partial charge on any atom is 0.295 e. The Morgan fingerprint density at radius 3 is 2.68 bits per heavy atom. The number of hydrazine groups is 1. The lowest BCUT2D eigenvalue weighted by molar-refractivity contribution is -0.384. The van der Waals surface area contributed by atoms with Crippen LogP contribution in [0.5, 0.6) is 0 Å². The highest BCUT2D eigenvalue weighted by Gasteiger charge is 2.22. The van der Waals surface area contributed by atoms with Crippen molar-refractivity contribution in [2.45, 2.75) is 13.3 Å². The predicted molar refractivity (Wildman–Crippen MR) is 73.2 cm³/mol. The molecular formula is C11H15ClN4O3. The van der Waals surface area contributed by atoms with Crippen LogP contribution >= 0.6 is 11.6 Å². The van der Waals surface area contributed by atoms with Crippen molar-refractivity contribution in [1.29, 1.82) is 0 Å². The predicted octanol–water partition coefficient (Wildman–Crippen LogP) is 2.02. The number of rotatable bonds is 5. The number of nitrogen functional groups attached to an aromatic ring is 1. The first-order chi connectivity index (χ1) is 8.92. The van der Waals surface area contributed by atoms with Gasteiger partial charge in [0.25, 0.3) is 11.6 Å². The van der Waals surface area contributed by atoms with Crippen molar-refractivity contribution in [3.63, 3.8) is 0 Å². The molecule has 104 valence electrons. The lowest BCUT2D eigenvalue weighted by atomic mass is 10.1. The SMILES string of the molecule is CCCN(C)C(=O)c1cc(Cl)c(NN)c([N+](=O)[O-])c1. The van der Waals surface area contributed by atoms with E-state index in [0.717, 1.165) is 12.5 Å². The normalized spacial score (nSPS) is 10.1. The number of benzene rings is 1. The topological polar surface area (TPSA) is 102 Å². The van der Waals surface area contributed by atoms with E-state index in [1.54, 1.807) is 7.05 Å². The van der Waals surface area contributed by atoms with Gasteiger partial charge < -0.3 is 10.3 Å². The van der Waals surface area contributed by atoms with Gasteiger partial charge in [-0.1, -0.05) is 18.5 Å². The van der Waals surface area contributed by atoms with Crippen LogP contribution < -0.4 is 11.3 Å². The minimum Gasteiger partial charge on any atom is -0.342 e. The molecule has 7 nitrogen and oxygen atoms in total. The highest BCUT2D eigenvalue weighted by atomic mass is 35.5. The molecule has 0 heterocycles. The monoisotopic (exact) mass is 286 g/mol. The van der Waals surface area contributed by atoms with Gasteiger partial charge in [0.05, 0.1) is 9.95 Å². The average molecular weight is 287 g/mol. The zero-order chi connectivity index (χ0) is 14.6. The van der Waals surface area contributed by atoms with Gasteiger partial charge in [0.1, 0.15) is 5.69 Å². The second-order valence-electron chi connectivity index (χ2n) is 3.98. The van der Waals surface area contributed by atoms with Gasteiger partial charge in [-0.2, -0.15) is 0 Å². The third-order valence-corrected chi connectivity index (χ3v) is 2.86. The van der Waals surface area contributed by atoms with E-state index in [0.29, 0.717) is 6.54 Å². The summed E-state index contributed by atoms with van der Waals surface area (Å²) in [6.07, 6.45) is 0.792. The molecule has 0 atom stereocenters. The fourth-order valence-corrected chi connectivity index (χ4v) is 1.93. The average Bonchev–Trinajstić information content (AvgIpc) is 2.36. The van der Waals surface area contributed by atoms with Gasteiger partial charge in [-0.25, -0.2) is 0 Å². The molecule has 0 unspecified atom stereocenters. The highest BCUT2D eigenvalue weighted by Crippen LogP contribution is 2.33. The van der Waals surface area contributed by atoms with Crippen LogP contribution in [0.4, 0.5) is 11.4 Å². The maximum atomic E-state index is 12.1. The number of nitrogens with one attached hydrogen (secondary N) is 1. The van der Waals surface area contributed by atoms with Gasteiger partial charge in [-0.3, -0.25) is 20.8 Å². The zero-order valence-electron chi connectivity index (χ0n) is 10.6. The molecule has 1 aromatic rings. The number of halogens is 1. The van der Waals surface area contributed by atoms with Gasteiger partial charge in [0.2, 0.25) is 0 Å². The number of carbonyl (C=O) groups is 1. The molecule has 1 rings (SSSR count). The summed E-state index contributed by atoms with van der Waals surface area (Å²) in [6, 6.07) is 2.52. The molecule has 19 heavy (non-hydrogen) atoms. The summed E-state index contributed by atoms with van der Waals surface area (Å²) >= 11 is 5.89. The van der Waals surface area contributed by atoms with Crippen molar-refractivity contribution in [2.75, 3.05) is 19.0 Å². The highest BCUT2D eigenvalue weighted by molar-refractivity contribution is 6.34. The second-order valence-corrected chi connectivity index (χ2v) is 4.39. The van der Waals surface area contributed by atoms with Gasteiger partial charge in [0.15, 0.2) is 0 Å². The minimum atomic E-state index is -0.641. The van der Waals surface area contributed by atoms with Crippen LogP contribution in [-0.4, -0.2) is 29.3 Å². The molecule has 8 heteroatoms. The van der Waals surface area contributed by atoms with Crippen LogP contribution in [0.3, 0.4) is 0 Å². The van der Waals surface area contributed by atoms with E-state index in [-0.39, 0.29) is 27.9 Å². The third kappa shape index (κ3) is 3.33. The van der Waals surface area contributed by atoms with Crippen LogP contribution in [-0.2, 0) is 0 Å². The van der Waals surface area contributed by atoms with Gasteiger partial charge >= 0.3 is 0 Å². The third-order valence-electron chi connectivity index (χ3n) is 2.56. The van der Waals surface area contributed by atoms with Gasteiger partial charge in [0, 0.05) is 25.2 Å². The molecule has 0 spiro atoms. The Hall–Kier alpha value is -1.86. The van der Waals surface area contributed by atoms with E-state index in [1.165, 1.54) is 11.0 Å². The minimum absolute atomic E-state index is 0.0126. The van der Waals surface area contributed by atoms with E-state index in [4.69, 9.17) is 17.4 Å². The number of nitrogens with zero attached hydrogens (tertiary/aromatic N) is 2. The summed E-state index contributed by atoms with van der Waals surface area (Å²) in [5.41, 5.74) is 1.98. The van der Waals surface area contributed by atoms with E-state index in [2.05, 4.69) is 5.43 Å². The summed E-state index contributed by atoms with van der Waals surface area (Å²) in [4.78, 5) is 23.8. The van der Waals surface area contributed by atoms with Crippen molar-refractivity contribution < 1.29 is 9.72 Å². The van der Waals surface area contributed by atoms with Crippen LogP contribution in [0, 0.1) is 10.1 Å². The van der Waals surface area contributed by atoms with E-state index in [1.807, 2.05) is 6.92 Å². The molecule has 0 radical (unpaired) electrons. The molecule has 0 aliphatic rings. The number of hydrogen-bond donors (Lipinski definition) is 2. The quantitative estimate of drug-likeness (QED) is 0.490. The summed E-state index contributed by atoms with van der Waals surface area (Å²) in [7, 11) is 1.63. The standard InChI is InChI=1S/C11H15ClN4O3/c1-3-4-15(2)11(17)7-5-8(12)10(14-13)9(6-7)16(18)19/h5-6,14H,3-4,13H2,1-2H3. The lowest BCUT2D eigenvalue weighted by Crippen LogP contribution is -2.27. The summed E-state index contributed by atoms with van der Waals surface area (Å²) in [5.74, 6) is 4.87. The first-order valence-corrected chi connectivity index (χ1v) is 6.00. The lowest BCUT2D eigenvalue weighted by Gasteiger charge is -2.16. The number of amides is 1. The Morgan fingerprint density at radius 1 is 1.58 bits per heavy atom. The Kier molecular flexibility index (Phi) is 5.08. The molecule has 0 aliphatic heterocycles. The van der Waals surface area contributed by atoms with Crippen molar-refractivity contribution in [3.05, 3.63) is 32.8 Å². The fourth-order valence-electron chi connectivity index (χ4n) is 1.66. The number of carbonyl (C=O) groups excluding carboxylic acids is 1. The molecule has 0 saturated carbocycles. The molecule has 3 N–H and O–H groups in total. The Labute approximate surface area is 115 Å². The first kappa shape index (κ1) is 15.2. The fraction of sp³-hybridized carbons (Fsp3) is 0.364. The zero-order valence-corrected chi connectivity index (χ0v) is 11.4. The number of hydrogen-bond acceptors (Lipinski definition) is 5. The molecule has 0 bridgehead atoms. The van der Waals surface area contributed by atoms with Crippen LogP contribution in [0.15, 0.2) is 12.1 Å². The van der Waals surface area contributed by atoms with Crippen LogP contribution in [0.1, 0.15) is 23.7 Å². The summed E-state index contributed by atoms with van der Waals surface area (Å²) < 4.78 is 0. The van der Waals surface area contributed by atoms with Crippen molar-refractivity contribution in [3.8, 4) is 0 Å². The van der Waals surface area contributed by atoms with Crippen LogP contribution in [0.25, 0.3) is 0 Å². The van der Waals surface area contributed by atoms with Gasteiger partial charge in [-0.05, 0) is 12.5 Å². The van der Waals surface area contributed by atoms with Crippen molar-refractivity contribution in [2.24, 2.45) is 5.84 Å². The van der Waals surface area contributed by atoms with Crippen molar-refractivity contribution in [1.82, 2.24) is 4.90 Å². The maximum absolute atomic E-state index is 12.1. The summed E-state index contributed by atoms with van der Waals surface area (Å²) in [6.45, 7) is 2.49. The molecule has 0 fully saturated rings.